The number of pyridine rings is 1. The highest BCUT2D eigenvalue weighted by molar-refractivity contribution is 5.79. The Morgan fingerprint density at radius 2 is 2.00 bits per heavy atom. The topological polar surface area (TPSA) is 38.9 Å². The maximum atomic E-state index is 5.52. The number of hydrogen-bond donors (Lipinski definition) is 1. The van der Waals surface area contributed by atoms with Gasteiger partial charge in [-0.1, -0.05) is 18.2 Å². The van der Waals surface area contributed by atoms with Crippen LogP contribution in [0.25, 0.3) is 10.9 Å². The lowest BCUT2D eigenvalue weighted by Crippen LogP contribution is -1.98. The number of fused-ring (bicyclic) bond motifs is 1. The van der Waals surface area contributed by atoms with Crippen LogP contribution in [-0.2, 0) is 6.54 Å². The second-order valence-electron chi connectivity index (χ2n) is 3.20. The molecule has 1 aromatic carbocycles. The average molecular weight is 172 g/mol. The van der Waals surface area contributed by atoms with Crippen molar-refractivity contribution in [1.29, 1.82) is 0 Å². The van der Waals surface area contributed by atoms with Gasteiger partial charge in [-0.2, -0.15) is 0 Å². The first-order valence-electron chi connectivity index (χ1n) is 4.36. The summed E-state index contributed by atoms with van der Waals surface area (Å²) in [4.78, 5) is 4.43. The molecule has 0 amide bonds. The van der Waals surface area contributed by atoms with Gasteiger partial charge in [0, 0.05) is 11.9 Å². The Kier molecular flexibility index (Phi) is 1.99. The van der Waals surface area contributed by atoms with Crippen molar-refractivity contribution in [2.75, 3.05) is 0 Å². The molecule has 0 aliphatic carbocycles. The molecule has 2 N–H and O–H groups in total. The second-order valence-corrected chi connectivity index (χ2v) is 3.20. The maximum Gasteiger partial charge on any atom is 0.0708 e. The second kappa shape index (κ2) is 3.15. The number of aromatic nitrogens is 1. The Balaban J connectivity index is 2.68. The van der Waals surface area contributed by atoms with E-state index >= 15 is 0 Å². The van der Waals surface area contributed by atoms with Crippen LogP contribution in [0.2, 0.25) is 0 Å². The number of benzene rings is 1. The third kappa shape index (κ3) is 1.53. The molecule has 2 aromatic rings. The van der Waals surface area contributed by atoms with Gasteiger partial charge in [-0.05, 0) is 24.6 Å². The Hall–Kier alpha value is -1.41. The van der Waals surface area contributed by atoms with Crippen molar-refractivity contribution in [3.05, 3.63) is 41.6 Å². The summed E-state index contributed by atoms with van der Waals surface area (Å²) in [5, 5.41) is 1.17. The minimum absolute atomic E-state index is 0.504. The van der Waals surface area contributed by atoms with Crippen molar-refractivity contribution in [3.8, 4) is 0 Å². The smallest absolute Gasteiger partial charge is 0.0708 e. The van der Waals surface area contributed by atoms with E-state index in [1.54, 1.807) is 0 Å². The van der Waals surface area contributed by atoms with Crippen LogP contribution in [0.3, 0.4) is 0 Å². The lowest BCUT2D eigenvalue weighted by Gasteiger charge is -2.00. The van der Waals surface area contributed by atoms with Crippen molar-refractivity contribution in [1.82, 2.24) is 4.98 Å². The molecule has 66 valence electrons. The van der Waals surface area contributed by atoms with E-state index in [1.165, 1.54) is 10.9 Å². The van der Waals surface area contributed by atoms with E-state index in [9.17, 15) is 0 Å². The molecule has 0 atom stereocenters. The third-order valence-electron chi connectivity index (χ3n) is 2.11. The molecular weight excluding hydrogens is 160 g/mol. The summed E-state index contributed by atoms with van der Waals surface area (Å²) in [5.74, 6) is 0. The zero-order valence-corrected chi connectivity index (χ0v) is 7.62. The van der Waals surface area contributed by atoms with E-state index < -0.39 is 0 Å². The lowest BCUT2D eigenvalue weighted by atomic mass is 10.1. The van der Waals surface area contributed by atoms with E-state index in [-0.39, 0.29) is 0 Å². The van der Waals surface area contributed by atoms with E-state index in [4.69, 9.17) is 5.73 Å². The van der Waals surface area contributed by atoms with E-state index in [0.29, 0.717) is 6.54 Å². The standard InChI is InChI=1S/C11H12N2/c1-8-2-3-9-4-5-10(7-12)13-11(9)6-8/h2-6H,7,12H2,1H3. The van der Waals surface area contributed by atoms with Crippen LogP contribution < -0.4 is 5.73 Å². The predicted octanol–water partition coefficient (Wildman–Crippen LogP) is 2.00. The summed E-state index contributed by atoms with van der Waals surface area (Å²) in [7, 11) is 0. The molecule has 1 heterocycles. The van der Waals surface area contributed by atoms with Gasteiger partial charge in [0.25, 0.3) is 0 Å². The van der Waals surface area contributed by atoms with Crippen molar-refractivity contribution in [2.45, 2.75) is 13.5 Å². The summed E-state index contributed by atoms with van der Waals surface area (Å²) in [6.45, 7) is 2.57. The highest BCUT2D eigenvalue weighted by atomic mass is 14.7. The van der Waals surface area contributed by atoms with Crippen molar-refractivity contribution < 1.29 is 0 Å². The minimum atomic E-state index is 0.504. The average Bonchev–Trinajstić information content (AvgIpc) is 2.16. The quantitative estimate of drug-likeness (QED) is 0.714. The lowest BCUT2D eigenvalue weighted by molar-refractivity contribution is 1.01. The molecule has 1 aromatic heterocycles. The van der Waals surface area contributed by atoms with Crippen LogP contribution in [0.4, 0.5) is 0 Å². The first kappa shape index (κ1) is 8.20. The van der Waals surface area contributed by atoms with E-state index in [1.807, 2.05) is 6.07 Å². The maximum absolute atomic E-state index is 5.52. The number of nitrogens with zero attached hydrogens (tertiary/aromatic N) is 1. The van der Waals surface area contributed by atoms with Crippen LogP contribution in [0.5, 0.6) is 0 Å². The van der Waals surface area contributed by atoms with E-state index in [0.717, 1.165) is 11.2 Å². The van der Waals surface area contributed by atoms with Crippen LogP contribution in [0, 0.1) is 6.92 Å². The van der Waals surface area contributed by atoms with Gasteiger partial charge in [0.15, 0.2) is 0 Å². The normalized spacial score (nSPS) is 10.6. The first-order valence-corrected chi connectivity index (χ1v) is 4.36. The number of hydrogen-bond acceptors (Lipinski definition) is 2. The Bertz CT molecular complexity index is 435. The highest BCUT2D eigenvalue weighted by Gasteiger charge is 1.96. The number of rotatable bonds is 1. The fourth-order valence-electron chi connectivity index (χ4n) is 1.38. The predicted molar refractivity (Wildman–Crippen MR) is 54.4 cm³/mol. The summed E-state index contributed by atoms with van der Waals surface area (Å²) < 4.78 is 0. The van der Waals surface area contributed by atoms with Gasteiger partial charge in [-0.25, -0.2) is 0 Å². The summed E-state index contributed by atoms with van der Waals surface area (Å²) in [5.41, 5.74) is 8.72. The molecule has 0 bridgehead atoms. The molecule has 0 spiro atoms. The highest BCUT2D eigenvalue weighted by Crippen LogP contribution is 2.13. The molecule has 0 unspecified atom stereocenters. The molecular formula is C11H12N2. The van der Waals surface area contributed by atoms with Crippen LogP contribution in [0.15, 0.2) is 30.3 Å². The van der Waals surface area contributed by atoms with Gasteiger partial charge in [-0.15, -0.1) is 0 Å². The largest absolute Gasteiger partial charge is 0.325 e. The Morgan fingerprint density at radius 3 is 2.77 bits per heavy atom. The zero-order chi connectivity index (χ0) is 9.26. The SMILES string of the molecule is Cc1ccc2ccc(CN)nc2c1. The molecule has 2 rings (SSSR count). The van der Waals surface area contributed by atoms with Crippen LogP contribution >= 0.6 is 0 Å². The van der Waals surface area contributed by atoms with Crippen molar-refractivity contribution in [2.24, 2.45) is 5.73 Å². The van der Waals surface area contributed by atoms with Gasteiger partial charge < -0.3 is 5.73 Å². The summed E-state index contributed by atoms with van der Waals surface area (Å²) >= 11 is 0. The molecule has 0 radical (unpaired) electrons. The molecule has 2 nitrogen and oxygen atoms in total. The van der Waals surface area contributed by atoms with Crippen LogP contribution in [0.1, 0.15) is 11.3 Å². The van der Waals surface area contributed by atoms with E-state index in [2.05, 4.69) is 36.2 Å². The molecule has 0 saturated carbocycles. The zero-order valence-electron chi connectivity index (χ0n) is 7.62. The Labute approximate surface area is 77.4 Å². The molecule has 13 heavy (non-hydrogen) atoms. The molecule has 0 aliphatic rings. The first-order chi connectivity index (χ1) is 6.29. The third-order valence-corrected chi connectivity index (χ3v) is 2.11. The minimum Gasteiger partial charge on any atom is -0.325 e. The number of aryl methyl sites for hydroxylation is 1. The fourth-order valence-corrected chi connectivity index (χ4v) is 1.38. The van der Waals surface area contributed by atoms with Gasteiger partial charge in [0.05, 0.1) is 11.2 Å². The van der Waals surface area contributed by atoms with Gasteiger partial charge in [0.2, 0.25) is 0 Å². The summed E-state index contributed by atoms with van der Waals surface area (Å²) in [6.07, 6.45) is 0. The van der Waals surface area contributed by atoms with Gasteiger partial charge >= 0.3 is 0 Å². The molecule has 0 saturated heterocycles. The fraction of sp³-hybridized carbons (Fsp3) is 0.182. The summed E-state index contributed by atoms with van der Waals surface area (Å²) in [6, 6.07) is 10.3. The van der Waals surface area contributed by atoms with Crippen LogP contribution in [-0.4, -0.2) is 4.98 Å². The van der Waals surface area contributed by atoms with Crippen molar-refractivity contribution in [3.63, 3.8) is 0 Å². The van der Waals surface area contributed by atoms with Gasteiger partial charge in [0.1, 0.15) is 0 Å². The number of nitrogens with two attached hydrogens (primary N) is 1. The molecule has 0 aliphatic heterocycles. The van der Waals surface area contributed by atoms with Gasteiger partial charge in [-0.3, -0.25) is 4.98 Å². The molecule has 0 fully saturated rings. The Morgan fingerprint density at radius 1 is 1.23 bits per heavy atom. The monoisotopic (exact) mass is 172 g/mol. The van der Waals surface area contributed by atoms with Crippen molar-refractivity contribution >= 4 is 10.9 Å². The molecule has 2 heteroatoms.